The van der Waals surface area contributed by atoms with E-state index in [2.05, 4.69) is 0 Å². The van der Waals surface area contributed by atoms with Gasteiger partial charge in [-0.2, -0.15) is 0 Å². The summed E-state index contributed by atoms with van der Waals surface area (Å²) in [6, 6.07) is 4.67. The molecule has 0 fully saturated rings. The average Bonchev–Trinajstić information content (AvgIpc) is 2.06. The van der Waals surface area contributed by atoms with Gasteiger partial charge in [0.1, 0.15) is 5.82 Å². The molecule has 0 aliphatic rings. The Hall–Kier alpha value is -1.64. The molecule has 1 amide bonds. The fourth-order valence-electron chi connectivity index (χ4n) is 0.963. The van der Waals surface area contributed by atoms with Gasteiger partial charge in [0.25, 0.3) is 0 Å². The van der Waals surface area contributed by atoms with E-state index >= 15 is 0 Å². The number of aryl methyl sites for hydroxylation is 1. The van der Waals surface area contributed by atoms with Crippen LogP contribution < -0.4 is 5.73 Å². The van der Waals surface area contributed by atoms with Crippen LogP contribution in [0, 0.1) is 12.7 Å². The van der Waals surface area contributed by atoms with E-state index in [0.29, 0.717) is 5.56 Å². The van der Waals surface area contributed by atoms with Gasteiger partial charge < -0.3 is 5.73 Å². The molecule has 68 valence electrons. The normalized spacial score (nSPS) is 10.6. The summed E-state index contributed by atoms with van der Waals surface area (Å²) in [4.78, 5) is 10.4. The van der Waals surface area contributed by atoms with Crippen LogP contribution in [0.2, 0.25) is 0 Å². The monoisotopic (exact) mass is 179 g/mol. The highest BCUT2D eigenvalue weighted by Gasteiger charge is 1.97. The second kappa shape index (κ2) is 3.85. The quantitative estimate of drug-likeness (QED) is 0.689. The van der Waals surface area contributed by atoms with Crippen LogP contribution in [0.15, 0.2) is 24.3 Å². The molecule has 0 saturated carbocycles. The molecular formula is C10H10FNO. The lowest BCUT2D eigenvalue weighted by Gasteiger charge is -1.97. The summed E-state index contributed by atoms with van der Waals surface area (Å²) in [6.07, 6.45) is 2.50. The first-order valence-electron chi connectivity index (χ1n) is 3.83. The minimum absolute atomic E-state index is 0.358. The first kappa shape index (κ1) is 9.45. The van der Waals surface area contributed by atoms with Gasteiger partial charge in [0.15, 0.2) is 0 Å². The molecule has 0 unspecified atom stereocenters. The Morgan fingerprint density at radius 3 is 2.85 bits per heavy atom. The van der Waals surface area contributed by atoms with Crippen molar-refractivity contribution in [1.82, 2.24) is 0 Å². The van der Waals surface area contributed by atoms with Crippen LogP contribution in [0.25, 0.3) is 6.08 Å². The van der Waals surface area contributed by atoms with Crippen LogP contribution in [-0.2, 0) is 4.79 Å². The Bertz CT molecular complexity index is 358. The molecule has 0 atom stereocenters. The molecular weight excluding hydrogens is 169 g/mol. The van der Waals surface area contributed by atoms with Gasteiger partial charge >= 0.3 is 0 Å². The lowest BCUT2D eigenvalue weighted by molar-refractivity contribution is -0.113. The van der Waals surface area contributed by atoms with Crippen molar-refractivity contribution < 1.29 is 9.18 Å². The second-order valence-electron chi connectivity index (χ2n) is 2.76. The first-order valence-corrected chi connectivity index (χ1v) is 3.83. The van der Waals surface area contributed by atoms with E-state index < -0.39 is 5.91 Å². The van der Waals surface area contributed by atoms with Gasteiger partial charge in [0.05, 0.1) is 0 Å². The molecule has 0 aliphatic heterocycles. The summed E-state index contributed by atoms with van der Waals surface area (Å²) in [6.45, 7) is 1.85. The number of primary amides is 1. The van der Waals surface area contributed by atoms with Crippen molar-refractivity contribution in [2.45, 2.75) is 6.92 Å². The maximum atomic E-state index is 13.0. The smallest absolute Gasteiger partial charge is 0.241 e. The van der Waals surface area contributed by atoms with E-state index in [1.165, 1.54) is 12.1 Å². The standard InChI is InChI=1S/C10H10FNO/c1-7-2-4-9(11)8(6-7)3-5-10(12)13/h2-6H,1H3,(H2,12,13). The van der Waals surface area contributed by atoms with Crippen LogP contribution in [0.3, 0.4) is 0 Å². The molecule has 0 radical (unpaired) electrons. The molecule has 0 bridgehead atoms. The number of amides is 1. The molecule has 0 spiro atoms. The lowest BCUT2D eigenvalue weighted by Crippen LogP contribution is -2.05. The summed E-state index contributed by atoms with van der Waals surface area (Å²) < 4.78 is 13.0. The van der Waals surface area contributed by atoms with Gasteiger partial charge in [-0.3, -0.25) is 4.79 Å². The molecule has 13 heavy (non-hydrogen) atoms. The van der Waals surface area contributed by atoms with Crippen LogP contribution in [0.1, 0.15) is 11.1 Å². The highest BCUT2D eigenvalue weighted by molar-refractivity contribution is 5.90. The van der Waals surface area contributed by atoms with Gasteiger partial charge in [-0.1, -0.05) is 11.6 Å². The summed E-state index contributed by atoms with van der Waals surface area (Å²) in [7, 11) is 0. The van der Waals surface area contributed by atoms with Gasteiger partial charge in [-0.15, -0.1) is 0 Å². The number of carbonyl (C=O) groups is 1. The largest absolute Gasteiger partial charge is 0.366 e. The average molecular weight is 179 g/mol. The maximum absolute atomic E-state index is 13.0. The van der Waals surface area contributed by atoms with Crippen LogP contribution in [-0.4, -0.2) is 5.91 Å². The predicted molar refractivity (Wildman–Crippen MR) is 49.4 cm³/mol. The molecule has 2 N–H and O–H groups in total. The third-order valence-electron chi connectivity index (χ3n) is 1.58. The topological polar surface area (TPSA) is 43.1 Å². The third kappa shape index (κ3) is 2.71. The van der Waals surface area contributed by atoms with Crippen molar-refractivity contribution in [2.75, 3.05) is 0 Å². The number of hydrogen-bond acceptors (Lipinski definition) is 1. The van der Waals surface area contributed by atoms with Crippen molar-refractivity contribution >= 4 is 12.0 Å². The van der Waals surface area contributed by atoms with Gasteiger partial charge in [-0.05, 0) is 25.1 Å². The zero-order valence-electron chi connectivity index (χ0n) is 7.25. The Morgan fingerprint density at radius 2 is 2.23 bits per heavy atom. The van der Waals surface area contributed by atoms with E-state index in [1.54, 1.807) is 12.1 Å². The zero-order valence-corrected chi connectivity index (χ0v) is 7.25. The highest BCUT2D eigenvalue weighted by atomic mass is 19.1. The molecule has 0 heterocycles. The van der Waals surface area contributed by atoms with E-state index in [1.807, 2.05) is 6.92 Å². The summed E-state index contributed by atoms with van der Waals surface area (Å²) in [5.74, 6) is -0.941. The summed E-state index contributed by atoms with van der Waals surface area (Å²) in [5, 5.41) is 0. The Kier molecular flexibility index (Phi) is 2.80. The number of nitrogens with two attached hydrogens (primary N) is 1. The Morgan fingerprint density at radius 1 is 1.54 bits per heavy atom. The summed E-state index contributed by atoms with van der Waals surface area (Å²) in [5.41, 5.74) is 6.19. The molecule has 1 aromatic carbocycles. The SMILES string of the molecule is Cc1ccc(F)c(C=CC(N)=O)c1. The fourth-order valence-corrected chi connectivity index (χ4v) is 0.963. The molecule has 2 nitrogen and oxygen atoms in total. The Labute approximate surface area is 75.9 Å². The first-order chi connectivity index (χ1) is 6.09. The van der Waals surface area contributed by atoms with E-state index in [-0.39, 0.29) is 5.82 Å². The number of benzene rings is 1. The van der Waals surface area contributed by atoms with Crippen LogP contribution >= 0.6 is 0 Å². The molecule has 0 aromatic heterocycles. The molecule has 3 heteroatoms. The van der Waals surface area contributed by atoms with Crippen LogP contribution in [0.4, 0.5) is 4.39 Å². The van der Waals surface area contributed by atoms with Crippen molar-refractivity contribution in [1.29, 1.82) is 0 Å². The number of hydrogen-bond donors (Lipinski definition) is 1. The molecule has 1 aromatic rings. The van der Waals surface area contributed by atoms with Crippen molar-refractivity contribution in [3.05, 3.63) is 41.2 Å². The third-order valence-corrected chi connectivity index (χ3v) is 1.58. The molecule has 0 aliphatic carbocycles. The van der Waals surface area contributed by atoms with Crippen molar-refractivity contribution in [2.24, 2.45) is 5.73 Å². The van der Waals surface area contributed by atoms with Crippen LogP contribution in [0.5, 0.6) is 0 Å². The molecule has 1 rings (SSSR count). The maximum Gasteiger partial charge on any atom is 0.241 e. The number of rotatable bonds is 2. The fraction of sp³-hybridized carbons (Fsp3) is 0.100. The van der Waals surface area contributed by atoms with Gasteiger partial charge in [0.2, 0.25) is 5.91 Å². The summed E-state index contributed by atoms with van der Waals surface area (Å²) >= 11 is 0. The minimum Gasteiger partial charge on any atom is -0.366 e. The van der Waals surface area contributed by atoms with E-state index in [4.69, 9.17) is 5.73 Å². The number of carbonyl (C=O) groups excluding carboxylic acids is 1. The second-order valence-corrected chi connectivity index (χ2v) is 2.76. The molecule has 0 saturated heterocycles. The van der Waals surface area contributed by atoms with Crippen molar-refractivity contribution in [3.8, 4) is 0 Å². The van der Waals surface area contributed by atoms with Gasteiger partial charge in [-0.25, -0.2) is 4.39 Å². The Balaban J connectivity index is 3.00. The predicted octanol–water partition coefficient (Wildman–Crippen LogP) is 1.63. The zero-order chi connectivity index (χ0) is 9.84. The van der Waals surface area contributed by atoms with E-state index in [9.17, 15) is 9.18 Å². The lowest BCUT2D eigenvalue weighted by atomic mass is 10.1. The van der Waals surface area contributed by atoms with Gasteiger partial charge in [0, 0.05) is 11.6 Å². The minimum atomic E-state index is -0.582. The van der Waals surface area contributed by atoms with E-state index in [0.717, 1.165) is 11.6 Å². The number of halogens is 1. The van der Waals surface area contributed by atoms with Crippen molar-refractivity contribution in [3.63, 3.8) is 0 Å². The highest BCUT2D eigenvalue weighted by Crippen LogP contribution is 2.11.